The summed E-state index contributed by atoms with van der Waals surface area (Å²) in [7, 11) is 1.70. The first-order chi connectivity index (χ1) is 18.9. The number of unbranched alkanes of at least 4 members (excludes halogenated alkanes) is 1. The number of nitrogens with one attached hydrogen (secondary N) is 2. The molecule has 1 aliphatic heterocycles. The lowest BCUT2D eigenvalue weighted by atomic mass is 9.99. The number of hydrogen-bond acceptors (Lipinski definition) is 6. The highest BCUT2D eigenvalue weighted by Gasteiger charge is 2.20. The molecule has 4 N–H and O–H groups in total. The van der Waals surface area contributed by atoms with Crippen molar-refractivity contribution in [2.45, 2.75) is 71.5 Å². The predicted octanol–water partition coefficient (Wildman–Crippen LogP) is 4.11. The molecule has 8 heteroatoms. The normalized spacial score (nSPS) is 18.2. The number of amides is 1. The molecule has 1 aliphatic rings. The zero-order valence-electron chi connectivity index (χ0n) is 24.2. The number of carbonyl (C=O) groups excluding carboxylic acids is 1. The summed E-state index contributed by atoms with van der Waals surface area (Å²) in [6.45, 7) is 11.5. The van der Waals surface area contributed by atoms with Crippen LogP contribution in [0.25, 0.3) is 11.1 Å². The van der Waals surface area contributed by atoms with Crippen LogP contribution in [0.15, 0.2) is 47.5 Å². The number of hydrogen-bond donors (Lipinski definition) is 3. The maximum Gasteiger partial charge on any atom is 0.226 e. The topological polar surface area (TPSA) is 101 Å². The molecule has 2 unspecified atom stereocenters. The van der Waals surface area contributed by atoms with Crippen molar-refractivity contribution in [3.05, 3.63) is 53.6 Å². The van der Waals surface area contributed by atoms with Gasteiger partial charge < -0.3 is 20.5 Å². The van der Waals surface area contributed by atoms with Gasteiger partial charge in [0.1, 0.15) is 5.75 Å². The van der Waals surface area contributed by atoms with E-state index < -0.39 is 0 Å². The van der Waals surface area contributed by atoms with Gasteiger partial charge in [0.2, 0.25) is 5.91 Å². The van der Waals surface area contributed by atoms with Gasteiger partial charge in [-0.15, -0.1) is 0 Å². The molecule has 0 spiro atoms. The monoisotopic (exact) mass is 537 g/mol. The van der Waals surface area contributed by atoms with Gasteiger partial charge in [0.25, 0.3) is 0 Å². The van der Waals surface area contributed by atoms with Gasteiger partial charge in [-0.2, -0.15) is 0 Å². The lowest BCUT2D eigenvalue weighted by molar-refractivity contribution is -0.119. The van der Waals surface area contributed by atoms with Crippen molar-refractivity contribution < 1.29 is 14.3 Å². The number of nitrogens with two attached hydrogens (primary N) is 1. The van der Waals surface area contributed by atoms with Crippen LogP contribution in [-0.2, 0) is 22.5 Å². The average Bonchev–Trinajstić information content (AvgIpc) is 2.90. The number of carbonyl (C=O) groups is 1. The van der Waals surface area contributed by atoms with E-state index in [-0.39, 0.29) is 11.9 Å². The Labute approximate surface area is 234 Å². The summed E-state index contributed by atoms with van der Waals surface area (Å²) in [5.74, 6) is 0.876. The molecule has 39 heavy (non-hydrogen) atoms. The highest BCUT2D eigenvalue weighted by molar-refractivity contribution is 5.96. The molecule has 2 atom stereocenters. The number of methoxy groups -OCH3 is 1. The number of aryl methyl sites for hydroxylation is 1. The number of piperazine rings is 1. The molecule has 1 saturated heterocycles. The zero-order chi connectivity index (χ0) is 28.0. The first-order valence-electron chi connectivity index (χ1n) is 14.3. The number of guanidine groups is 1. The van der Waals surface area contributed by atoms with E-state index in [4.69, 9.17) is 15.2 Å². The van der Waals surface area contributed by atoms with Crippen molar-refractivity contribution in [1.29, 1.82) is 0 Å². The van der Waals surface area contributed by atoms with E-state index in [1.54, 1.807) is 7.11 Å². The zero-order valence-corrected chi connectivity index (χ0v) is 24.2. The summed E-state index contributed by atoms with van der Waals surface area (Å²) in [4.78, 5) is 19.1. The Hall–Kier alpha value is -2.94. The van der Waals surface area contributed by atoms with E-state index in [1.807, 2.05) is 6.07 Å². The summed E-state index contributed by atoms with van der Waals surface area (Å²) < 4.78 is 11.4. The van der Waals surface area contributed by atoms with Gasteiger partial charge in [0.05, 0.1) is 6.61 Å². The maximum atomic E-state index is 12.4. The van der Waals surface area contributed by atoms with Crippen molar-refractivity contribution in [3.63, 3.8) is 0 Å². The summed E-state index contributed by atoms with van der Waals surface area (Å²) in [6, 6.07) is 16.0. The number of rotatable bonds is 14. The highest BCUT2D eigenvalue weighted by Crippen LogP contribution is 2.32. The Morgan fingerprint density at radius 3 is 2.49 bits per heavy atom. The minimum atomic E-state index is -0.136. The fourth-order valence-electron chi connectivity index (χ4n) is 4.94. The van der Waals surface area contributed by atoms with Gasteiger partial charge in [-0.25, -0.2) is 0 Å². The van der Waals surface area contributed by atoms with E-state index in [0.29, 0.717) is 44.7 Å². The predicted molar refractivity (Wildman–Crippen MR) is 159 cm³/mol. The standard InChI is InChI=1S/C31H47N5O3/c1-5-6-16-33-31(32)35-30(37)15-11-25-10-14-28(29(19-25)39-18-7-17-38-4)27-12-8-26(9-13-27)22-36-20-23(2)34-24(3)21-36/h8-10,12-14,19,23-24,34H,5-7,11,15-18,20-22H2,1-4H3,(H3,32,33,35,37). The molecule has 2 aromatic rings. The van der Waals surface area contributed by atoms with Crippen LogP contribution < -0.4 is 21.1 Å². The molecule has 0 bridgehead atoms. The van der Waals surface area contributed by atoms with Gasteiger partial charge in [-0.3, -0.25) is 20.0 Å². The van der Waals surface area contributed by atoms with Crippen LogP contribution >= 0.6 is 0 Å². The first-order valence-corrected chi connectivity index (χ1v) is 14.3. The lowest BCUT2D eigenvalue weighted by Gasteiger charge is -2.36. The van der Waals surface area contributed by atoms with Crippen molar-refractivity contribution in [1.82, 2.24) is 15.5 Å². The summed E-state index contributed by atoms with van der Waals surface area (Å²) in [5.41, 5.74) is 10.3. The molecule has 0 radical (unpaired) electrons. The molecule has 1 fully saturated rings. The lowest BCUT2D eigenvalue weighted by Crippen LogP contribution is -2.53. The molecule has 3 rings (SSSR count). The number of nitrogens with zero attached hydrogens (tertiary/aromatic N) is 2. The van der Waals surface area contributed by atoms with Crippen LogP contribution in [0.5, 0.6) is 5.75 Å². The molecule has 0 saturated carbocycles. The second-order valence-electron chi connectivity index (χ2n) is 10.6. The third-order valence-corrected chi connectivity index (χ3v) is 6.80. The van der Waals surface area contributed by atoms with Crippen LogP contribution in [0.1, 0.15) is 57.6 Å². The number of ether oxygens (including phenoxy) is 2. The molecular weight excluding hydrogens is 490 g/mol. The van der Waals surface area contributed by atoms with Crippen molar-refractivity contribution >= 4 is 11.9 Å². The van der Waals surface area contributed by atoms with Crippen LogP contribution in [0, 0.1) is 0 Å². The molecule has 0 aromatic heterocycles. The van der Waals surface area contributed by atoms with E-state index in [2.05, 4.69) is 77.7 Å². The second-order valence-corrected chi connectivity index (χ2v) is 10.6. The Morgan fingerprint density at radius 1 is 1.08 bits per heavy atom. The SMILES string of the molecule is CCCCN=C(N)NC(=O)CCc1ccc(-c2ccc(CN3CC(C)NC(C)C3)cc2)c(OCCCOC)c1. The van der Waals surface area contributed by atoms with Crippen LogP contribution in [-0.4, -0.2) is 68.8 Å². The summed E-state index contributed by atoms with van der Waals surface area (Å²) in [5, 5.41) is 6.28. The molecule has 8 nitrogen and oxygen atoms in total. The second kappa shape index (κ2) is 16.2. The maximum absolute atomic E-state index is 12.4. The van der Waals surface area contributed by atoms with Crippen molar-refractivity contribution in [2.24, 2.45) is 10.7 Å². The Bertz CT molecular complexity index is 1050. The largest absolute Gasteiger partial charge is 0.493 e. The fraction of sp³-hybridized carbons (Fsp3) is 0.548. The molecule has 1 heterocycles. The Kier molecular flexibility index (Phi) is 12.7. The van der Waals surface area contributed by atoms with E-state index in [1.165, 1.54) is 5.56 Å². The van der Waals surface area contributed by atoms with E-state index >= 15 is 0 Å². The van der Waals surface area contributed by atoms with Crippen LogP contribution in [0.4, 0.5) is 0 Å². The minimum Gasteiger partial charge on any atom is -0.493 e. The minimum absolute atomic E-state index is 0.136. The highest BCUT2D eigenvalue weighted by atomic mass is 16.5. The number of benzene rings is 2. The smallest absolute Gasteiger partial charge is 0.226 e. The fourth-order valence-corrected chi connectivity index (χ4v) is 4.94. The van der Waals surface area contributed by atoms with Crippen LogP contribution in [0.3, 0.4) is 0 Å². The Morgan fingerprint density at radius 2 is 1.79 bits per heavy atom. The summed E-state index contributed by atoms with van der Waals surface area (Å²) >= 11 is 0. The molecule has 214 valence electrons. The first kappa shape index (κ1) is 30.6. The van der Waals surface area contributed by atoms with Gasteiger partial charge >= 0.3 is 0 Å². The van der Waals surface area contributed by atoms with Gasteiger partial charge in [0, 0.05) is 70.4 Å². The number of aliphatic imine (C=N–C) groups is 1. The Balaban J connectivity index is 1.66. The van der Waals surface area contributed by atoms with Gasteiger partial charge in [0.15, 0.2) is 5.96 Å². The third kappa shape index (κ3) is 10.6. The van der Waals surface area contributed by atoms with E-state index in [0.717, 1.165) is 61.3 Å². The van der Waals surface area contributed by atoms with Gasteiger partial charge in [-0.1, -0.05) is 49.7 Å². The van der Waals surface area contributed by atoms with Crippen LogP contribution in [0.2, 0.25) is 0 Å². The average molecular weight is 538 g/mol. The molecule has 0 aliphatic carbocycles. The van der Waals surface area contributed by atoms with E-state index in [9.17, 15) is 4.79 Å². The third-order valence-electron chi connectivity index (χ3n) is 6.80. The quantitative estimate of drug-likeness (QED) is 0.190. The summed E-state index contributed by atoms with van der Waals surface area (Å²) in [6.07, 6.45) is 3.71. The van der Waals surface area contributed by atoms with Crippen molar-refractivity contribution in [2.75, 3.05) is 40.0 Å². The molecule has 2 aromatic carbocycles. The molecule has 1 amide bonds. The van der Waals surface area contributed by atoms with Gasteiger partial charge in [-0.05, 0) is 49.4 Å². The van der Waals surface area contributed by atoms with Crippen molar-refractivity contribution in [3.8, 4) is 16.9 Å². The molecular formula is C31H47N5O3.